The molecule has 4 heteroatoms. The van der Waals surface area contributed by atoms with Gasteiger partial charge in [0.05, 0.1) is 11.1 Å². The average Bonchev–Trinajstić information content (AvgIpc) is 2.60. The van der Waals surface area contributed by atoms with E-state index < -0.39 is 0 Å². The largest absolute Gasteiger partial charge is 0.350 e. The van der Waals surface area contributed by atoms with Crippen molar-refractivity contribution < 1.29 is 4.79 Å². The lowest BCUT2D eigenvalue weighted by Gasteiger charge is -2.15. The van der Waals surface area contributed by atoms with Crippen LogP contribution in [0.15, 0.2) is 59.1 Å². The Kier molecular flexibility index (Phi) is 5.49. The van der Waals surface area contributed by atoms with Crippen molar-refractivity contribution in [1.29, 1.82) is 0 Å². The predicted octanol–water partition coefficient (Wildman–Crippen LogP) is 5.06. The summed E-state index contributed by atoms with van der Waals surface area (Å²) in [6.07, 6.45) is 1.85. The van der Waals surface area contributed by atoms with E-state index in [4.69, 9.17) is 0 Å². The Balaban J connectivity index is 1.74. The van der Waals surface area contributed by atoms with Crippen LogP contribution < -0.4 is 5.32 Å². The van der Waals surface area contributed by atoms with Crippen molar-refractivity contribution in [2.75, 3.05) is 0 Å². The number of amides is 1. The molecule has 0 spiro atoms. The number of pyridine rings is 1. The van der Waals surface area contributed by atoms with E-state index in [0.717, 1.165) is 33.9 Å². The third kappa shape index (κ3) is 4.45. The molecule has 0 aliphatic heterocycles. The predicted molar refractivity (Wildman–Crippen MR) is 106 cm³/mol. The van der Waals surface area contributed by atoms with E-state index in [1.54, 1.807) is 0 Å². The molecule has 1 heterocycles. The second-order valence-electron chi connectivity index (χ2n) is 6.37. The fraction of sp³-hybridized carbons (Fsp3) is 0.238. The molecular formula is C21H21BrN2O. The van der Waals surface area contributed by atoms with E-state index >= 15 is 0 Å². The molecule has 3 aromatic rings. The molecule has 1 N–H and O–H groups in total. The van der Waals surface area contributed by atoms with Gasteiger partial charge in [-0.05, 0) is 56.5 Å². The highest BCUT2D eigenvalue weighted by Gasteiger charge is 2.14. The number of aromatic nitrogens is 1. The van der Waals surface area contributed by atoms with Crippen LogP contribution in [0.4, 0.5) is 0 Å². The van der Waals surface area contributed by atoms with Crippen molar-refractivity contribution in [2.24, 2.45) is 0 Å². The summed E-state index contributed by atoms with van der Waals surface area (Å²) in [4.78, 5) is 17.3. The Hall–Kier alpha value is -2.20. The number of hydrogen-bond donors (Lipinski definition) is 1. The van der Waals surface area contributed by atoms with Crippen LogP contribution in [0.3, 0.4) is 0 Å². The molecule has 128 valence electrons. The molecule has 25 heavy (non-hydrogen) atoms. The van der Waals surface area contributed by atoms with Gasteiger partial charge >= 0.3 is 0 Å². The van der Waals surface area contributed by atoms with E-state index in [0.29, 0.717) is 5.56 Å². The zero-order valence-corrected chi connectivity index (χ0v) is 16.0. The lowest BCUT2D eigenvalue weighted by molar-refractivity contribution is 0.0940. The highest BCUT2D eigenvalue weighted by molar-refractivity contribution is 9.10. The Labute approximate surface area is 156 Å². The van der Waals surface area contributed by atoms with Gasteiger partial charge in [-0.2, -0.15) is 0 Å². The first-order valence-corrected chi connectivity index (χ1v) is 9.24. The fourth-order valence-corrected chi connectivity index (χ4v) is 3.28. The lowest BCUT2D eigenvalue weighted by atomic mass is 10.0. The van der Waals surface area contributed by atoms with Crippen molar-refractivity contribution in [3.05, 3.63) is 75.9 Å². The number of halogens is 1. The van der Waals surface area contributed by atoms with Crippen LogP contribution >= 0.6 is 15.9 Å². The number of carbonyl (C=O) groups excluding carboxylic acids is 1. The highest BCUT2D eigenvalue weighted by atomic mass is 79.9. The summed E-state index contributed by atoms with van der Waals surface area (Å²) in [7, 11) is 0. The third-order valence-corrected chi connectivity index (χ3v) is 4.72. The molecule has 3 nitrogen and oxygen atoms in total. The average molecular weight is 397 g/mol. The van der Waals surface area contributed by atoms with Gasteiger partial charge in [-0.15, -0.1) is 0 Å². The Morgan fingerprint density at radius 3 is 2.68 bits per heavy atom. The SMILES string of the molecule is Cc1cc(C(=O)N[C@@H](C)CCc2ccccc2)c2cc(Br)ccc2n1. The van der Waals surface area contributed by atoms with Crippen molar-refractivity contribution in [1.82, 2.24) is 10.3 Å². The van der Waals surface area contributed by atoms with E-state index in [1.165, 1.54) is 5.56 Å². The number of nitrogens with one attached hydrogen (secondary N) is 1. The quantitative estimate of drug-likeness (QED) is 0.654. The first kappa shape index (κ1) is 17.6. The number of carbonyl (C=O) groups is 1. The maximum atomic E-state index is 12.8. The van der Waals surface area contributed by atoms with E-state index in [9.17, 15) is 4.79 Å². The molecule has 1 amide bonds. The minimum Gasteiger partial charge on any atom is -0.350 e. The molecule has 3 rings (SSSR count). The Morgan fingerprint density at radius 1 is 1.16 bits per heavy atom. The number of rotatable bonds is 5. The molecule has 0 aliphatic rings. The summed E-state index contributed by atoms with van der Waals surface area (Å²) in [6.45, 7) is 3.96. The number of benzene rings is 2. The first-order chi connectivity index (χ1) is 12.0. The van der Waals surface area contributed by atoms with Gasteiger partial charge < -0.3 is 5.32 Å². The van der Waals surface area contributed by atoms with Gasteiger partial charge in [-0.3, -0.25) is 9.78 Å². The van der Waals surface area contributed by atoms with Crippen LogP contribution in [-0.4, -0.2) is 16.9 Å². The Morgan fingerprint density at radius 2 is 1.92 bits per heavy atom. The van der Waals surface area contributed by atoms with E-state index in [1.807, 2.05) is 56.3 Å². The topological polar surface area (TPSA) is 42.0 Å². The number of hydrogen-bond acceptors (Lipinski definition) is 2. The molecule has 2 aromatic carbocycles. The molecule has 0 saturated carbocycles. The van der Waals surface area contributed by atoms with Crippen molar-refractivity contribution in [3.63, 3.8) is 0 Å². The van der Waals surface area contributed by atoms with Crippen molar-refractivity contribution in [2.45, 2.75) is 32.7 Å². The fourth-order valence-electron chi connectivity index (χ4n) is 2.92. The number of aryl methyl sites for hydroxylation is 2. The molecule has 0 bridgehead atoms. The Bertz CT molecular complexity index is 893. The molecule has 0 aliphatic carbocycles. The number of nitrogens with zero attached hydrogens (tertiary/aromatic N) is 1. The normalized spacial score (nSPS) is 12.1. The van der Waals surface area contributed by atoms with Crippen LogP contribution in [0, 0.1) is 6.92 Å². The van der Waals surface area contributed by atoms with Gasteiger partial charge in [0, 0.05) is 21.6 Å². The van der Waals surface area contributed by atoms with Crippen LogP contribution in [-0.2, 0) is 6.42 Å². The molecule has 0 fully saturated rings. The minimum atomic E-state index is -0.0471. The summed E-state index contributed by atoms with van der Waals surface area (Å²) in [5.41, 5.74) is 3.65. The van der Waals surface area contributed by atoms with Crippen LogP contribution in [0.25, 0.3) is 10.9 Å². The number of fused-ring (bicyclic) bond motifs is 1. The summed E-state index contributed by atoms with van der Waals surface area (Å²) in [5, 5.41) is 3.99. The lowest BCUT2D eigenvalue weighted by Crippen LogP contribution is -2.33. The van der Waals surface area contributed by atoms with Crippen LogP contribution in [0.5, 0.6) is 0 Å². The van der Waals surface area contributed by atoms with Gasteiger partial charge in [0.2, 0.25) is 0 Å². The van der Waals surface area contributed by atoms with Gasteiger partial charge in [0.15, 0.2) is 0 Å². The van der Waals surface area contributed by atoms with Gasteiger partial charge in [0.1, 0.15) is 0 Å². The van der Waals surface area contributed by atoms with E-state index in [2.05, 4.69) is 38.4 Å². The zero-order chi connectivity index (χ0) is 17.8. The smallest absolute Gasteiger partial charge is 0.252 e. The second-order valence-corrected chi connectivity index (χ2v) is 7.29. The monoisotopic (exact) mass is 396 g/mol. The molecule has 1 aromatic heterocycles. The maximum Gasteiger partial charge on any atom is 0.252 e. The molecule has 0 radical (unpaired) electrons. The molecule has 0 unspecified atom stereocenters. The van der Waals surface area contributed by atoms with E-state index in [-0.39, 0.29) is 11.9 Å². The minimum absolute atomic E-state index is 0.0471. The molecule has 0 saturated heterocycles. The summed E-state index contributed by atoms with van der Waals surface area (Å²) in [5.74, 6) is -0.0471. The summed E-state index contributed by atoms with van der Waals surface area (Å²) in [6, 6.07) is 18.1. The van der Waals surface area contributed by atoms with Gasteiger partial charge in [-0.1, -0.05) is 46.3 Å². The highest BCUT2D eigenvalue weighted by Crippen LogP contribution is 2.23. The zero-order valence-electron chi connectivity index (χ0n) is 14.4. The van der Waals surface area contributed by atoms with Crippen molar-refractivity contribution in [3.8, 4) is 0 Å². The summed E-state index contributed by atoms with van der Waals surface area (Å²) < 4.78 is 0.942. The van der Waals surface area contributed by atoms with Crippen LogP contribution in [0.1, 0.15) is 35.0 Å². The first-order valence-electron chi connectivity index (χ1n) is 8.44. The van der Waals surface area contributed by atoms with Crippen LogP contribution in [0.2, 0.25) is 0 Å². The molecule has 1 atom stereocenters. The van der Waals surface area contributed by atoms with Gasteiger partial charge in [-0.25, -0.2) is 0 Å². The standard InChI is InChI=1S/C21H21BrN2O/c1-14(8-9-16-6-4-3-5-7-16)24-21(25)19-12-15(2)23-20-11-10-17(22)13-18(19)20/h3-7,10-14H,8-9H2,1-2H3,(H,24,25)/t14-/m0/s1. The molecular weight excluding hydrogens is 376 g/mol. The third-order valence-electron chi connectivity index (χ3n) is 4.23. The van der Waals surface area contributed by atoms with Gasteiger partial charge in [0.25, 0.3) is 5.91 Å². The summed E-state index contributed by atoms with van der Waals surface area (Å²) >= 11 is 3.48. The second kappa shape index (κ2) is 7.79. The maximum absolute atomic E-state index is 12.8. The van der Waals surface area contributed by atoms with Crippen molar-refractivity contribution >= 4 is 32.7 Å².